The van der Waals surface area contributed by atoms with Crippen molar-refractivity contribution in [2.45, 2.75) is 12.5 Å². The molecular formula is C11H16N2O3. The number of pyridine rings is 1. The molecule has 0 aliphatic carbocycles. The second kappa shape index (κ2) is 6.19. The Morgan fingerprint density at radius 1 is 1.50 bits per heavy atom. The van der Waals surface area contributed by atoms with Gasteiger partial charge < -0.3 is 15.1 Å². The molecule has 0 aliphatic heterocycles. The van der Waals surface area contributed by atoms with E-state index in [0.29, 0.717) is 13.1 Å². The number of aliphatic carboxylic acids is 1. The maximum atomic E-state index is 10.4. The highest BCUT2D eigenvalue weighted by atomic mass is 16.4. The number of nitrogens with zero attached hydrogens (tertiary/aromatic N) is 2. The van der Waals surface area contributed by atoms with Gasteiger partial charge in [-0.15, -0.1) is 0 Å². The Hall–Kier alpha value is -1.46. The number of aliphatic hydroxyl groups excluding tert-OH is 1. The average Bonchev–Trinajstić information content (AvgIpc) is 2.27. The van der Waals surface area contributed by atoms with Crippen molar-refractivity contribution in [3.8, 4) is 0 Å². The molecule has 0 spiro atoms. The number of likely N-dealkylation sites (N-methyl/N-ethyl adjacent to an activating group) is 1. The van der Waals surface area contributed by atoms with Crippen LogP contribution in [-0.2, 0) is 4.79 Å². The smallest absolute Gasteiger partial charge is 0.304 e. The first kappa shape index (κ1) is 12.6. The predicted molar refractivity (Wildman–Crippen MR) is 58.9 cm³/mol. The summed E-state index contributed by atoms with van der Waals surface area (Å²) in [6.45, 7) is 0.842. The van der Waals surface area contributed by atoms with Crippen LogP contribution in [0, 0.1) is 0 Å². The van der Waals surface area contributed by atoms with E-state index in [1.165, 1.54) is 0 Å². The average molecular weight is 224 g/mol. The SMILES string of the molecule is CN(CCC(=O)O)CC(O)c1ccncc1. The van der Waals surface area contributed by atoms with Crippen LogP contribution in [0.1, 0.15) is 18.1 Å². The van der Waals surface area contributed by atoms with E-state index in [-0.39, 0.29) is 6.42 Å². The molecule has 0 fully saturated rings. The second-order valence-corrected chi connectivity index (χ2v) is 3.70. The van der Waals surface area contributed by atoms with Crippen LogP contribution in [0.25, 0.3) is 0 Å². The van der Waals surface area contributed by atoms with Crippen molar-refractivity contribution >= 4 is 5.97 Å². The summed E-state index contributed by atoms with van der Waals surface area (Å²) in [5, 5.41) is 18.4. The molecule has 0 aliphatic rings. The Balaban J connectivity index is 2.39. The fourth-order valence-corrected chi connectivity index (χ4v) is 1.36. The Labute approximate surface area is 94.4 Å². The standard InChI is InChI=1S/C11H16N2O3/c1-13(7-4-11(15)16)8-10(14)9-2-5-12-6-3-9/h2-3,5-6,10,14H,4,7-8H2,1H3,(H,15,16). The molecule has 0 aromatic carbocycles. The van der Waals surface area contributed by atoms with Gasteiger partial charge in [0.05, 0.1) is 12.5 Å². The van der Waals surface area contributed by atoms with Gasteiger partial charge in [-0.3, -0.25) is 9.78 Å². The lowest BCUT2D eigenvalue weighted by Gasteiger charge is -2.19. The number of rotatable bonds is 6. The van der Waals surface area contributed by atoms with Crippen molar-refractivity contribution in [3.63, 3.8) is 0 Å². The number of aliphatic hydroxyl groups is 1. The second-order valence-electron chi connectivity index (χ2n) is 3.70. The third kappa shape index (κ3) is 4.37. The summed E-state index contributed by atoms with van der Waals surface area (Å²) >= 11 is 0. The first-order valence-corrected chi connectivity index (χ1v) is 5.08. The van der Waals surface area contributed by atoms with E-state index in [1.54, 1.807) is 36.5 Å². The molecule has 1 aromatic rings. The molecule has 1 rings (SSSR count). The van der Waals surface area contributed by atoms with Gasteiger partial charge in [-0.05, 0) is 24.7 Å². The van der Waals surface area contributed by atoms with Gasteiger partial charge in [-0.2, -0.15) is 0 Å². The monoisotopic (exact) mass is 224 g/mol. The molecule has 0 bridgehead atoms. The van der Waals surface area contributed by atoms with E-state index in [1.807, 2.05) is 0 Å². The fraction of sp³-hybridized carbons (Fsp3) is 0.455. The minimum Gasteiger partial charge on any atom is -0.481 e. The summed E-state index contributed by atoms with van der Waals surface area (Å²) in [4.78, 5) is 16.0. The number of hydrogen-bond acceptors (Lipinski definition) is 4. The van der Waals surface area contributed by atoms with Crippen molar-refractivity contribution in [2.75, 3.05) is 20.1 Å². The molecule has 0 radical (unpaired) electrons. The van der Waals surface area contributed by atoms with E-state index in [0.717, 1.165) is 5.56 Å². The van der Waals surface area contributed by atoms with Gasteiger partial charge >= 0.3 is 5.97 Å². The number of aromatic nitrogens is 1. The number of carboxylic acid groups (broad SMARTS) is 1. The van der Waals surface area contributed by atoms with Gasteiger partial charge in [-0.25, -0.2) is 0 Å². The molecule has 1 aromatic heterocycles. The molecule has 1 atom stereocenters. The fourth-order valence-electron chi connectivity index (χ4n) is 1.36. The zero-order valence-electron chi connectivity index (χ0n) is 9.21. The highest BCUT2D eigenvalue weighted by Gasteiger charge is 2.11. The van der Waals surface area contributed by atoms with E-state index >= 15 is 0 Å². The van der Waals surface area contributed by atoms with Crippen LogP contribution in [0.2, 0.25) is 0 Å². The summed E-state index contributed by atoms with van der Waals surface area (Å²) < 4.78 is 0. The van der Waals surface area contributed by atoms with Crippen molar-refractivity contribution in [2.24, 2.45) is 0 Å². The number of hydrogen-bond donors (Lipinski definition) is 2. The highest BCUT2D eigenvalue weighted by Crippen LogP contribution is 2.12. The normalized spacial score (nSPS) is 12.7. The lowest BCUT2D eigenvalue weighted by Crippen LogP contribution is -2.27. The zero-order valence-corrected chi connectivity index (χ0v) is 9.21. The van der Waals surface area contributed by atoms with Crippen molar-refractivity contribution in [1.29, 1.82) is 0 Å². The molecule has 1 heterocycles. The zero-order chi connectivity index (χ0) is 12.0. The van der Waals surface area contributed by atoms with Gasteiger partial charge in [0.15, 0.2) is 0 Å². The first-order chi connectivity index (χ1) is 7.59. The van der Waals surface area contributed by atoms with Gasteiger partial charge in [0, 0.05) is 25.5 Å². The van der Waals surface area contributed by atoms with Crippen LogP contribution in [-0.4, -0.2) is 46.2 Å². The van der Waals surface area contributed by atoms with Gasteiger partial charge in [0.1, 0.15) is 0 Å². The van der Waals surface area contributed by atoms with Crippen LogP contribution in [0.5, 0.6) is 0 Å². The van der Waals surface area contributed by atoms with Crippen LogP contribution in [0.3, 0.4) is 0 Å². The lowest BCUT2D eigenvalue weighted by atomic mass is 10.1. The molecule has 0 saturated carbocycles. The van der Waals surface area contributed by atoms with Crippen LogP contribution < -0.4 is 0 Å². The Morgan fingerprint density at radius 2 is 2.12 bits per heavy atom. The maximum absolute atomic E-state index is 10.4. The minimum atomic E-state index is -0.828. The highest BCUT2D eigenvalue weighted by molar-refractivity contribution is 5.66. The van der Waals surface area contributed by atoms with E-state index in [2.05, 4.69) is 4.98 Å². The first-order valence-electron chi connectivity index (χ1n) is 5.08. The van der Waals surface area contributed by atoms with Crippen LogP contribution >= 0.6 is 0 Å². The molecule has 5 heteroatoms. The van der Waals surface area contributed by atoms with Crippen molar-refractivity contribution in [1.82, 2.24) is 9.88 Å². The lowest BCUT2D eigenvalue weighted by molar-refractivity contribution is -0.137. The van der Waals surface area contributed by atoms with Crippen LogP contribution in [0.4, 0.5) is 0 Å². The third-order valence-electron chi connectivity index (χ3n) is 2.28. The molecule has 16 heavy (non-hydrogen) atoms. The van der Waals surface area contributed by atoms with Crippen molar-refractivity contribution < 1.29 is 15.0 Å². The van der Waals surface area contributed by atoms with E-state index in [4.69, 9.17) is 5.11 Å². The summed E-state index contributed by atoms with van der Waals surface area (Å²) in [6.07, 6.45) is 2.72. The number of carbonyl (C=O) groups is 1. The maximum Gasteiger partial charge on any atom is 0.304 e. The molecule has 0 amide bonds. The van der Waals surface area contributed by atoms with E-state index < -0.39 is 12.1 Å². The Bertz CT molecular complexity index is 329. The Kier molecular flexibility index (Phi) is 4.88. The summed E-state index contributed by atoms with van der Waals surface area (Å²) in [5.74, 6) is -0.828. The third-order valence-corrected chi connectivity index (χ3v) is 2.28. The summed E-state index contributed by atoms with van der Waals surface area (Å²) in [7, 11) is 1.79. The topological polar surface area (TPSA) is 73.7 Å². The molecule has 1 unspecified atom stereocenters. The summed E-state index contributed by atoms with van der Waals surface area (Å²) in [6, 6.07) is 3.49. The van der Waals surface area contributed by atoms with Gasteiger partial charge in [0.25, 0.3) is 0 Å². The number of carboxylic acids is 1. The summed E-state index contributed by atoms with van der Waals surface area (Å²) in [5.41, 5.74) is 0.789. The minimum absolute atomic E-state index is 0.0829. The molecule has 0 saturated heterocycles. The molecule has 5 nitrogen and oxygen atoms in total. The molecular weight excluding hydrogens is 208 g/mol. The van der Waals surface area contributed by atoms with E-state index in [9.17, 15) is 9.90 Å². The largest absolute Gasteiger partial charge is 0.481 e. The Morgan fingerprint density at radius 3 is 2.69 bits per heavy atom. The quantitative estimate of drug-likeness (QED) is 0.737. The van der Waals surface area contributed by atoms with Gasteiger partial charge in [-0.1, -0.05) is 0 Å². The van der Waals surface area contributed by atoms with Gasteiger partial charge in [0.2, 0.25) is 0 Å². The molecule has 88 valence electrons. The van der Waals surface area contributed by atoms with Crippen LogP contribution in [0.15, 0.2) is 24.5 Å². The molecule has 2 N–H and O–H groups in total. The predicted octanol–water partition coefficient (Wildman–Crippen LogP) is 0.521. The van der Waals surface area contributed by atoms with Crippen molar-refractivity contribution in [3.05, 3.63) is 30.1 Å².